The molecule has 0 bridgehead atoms. The SMILES string of the molecule is O=c1cnc2c(n1Cc1ccc(F)cn1)CCCC2. The van der Waals surface area contributed by atoms with Gasteiger partial charge in [0.25, 0.3) is 5.56 Å². The summed E-state index contributed by atoms with van der Waals surface area (Å²) >= 11 is 0. The van der Waals surface area contributed by atoms with E-state index >= 15 is 0 Å². The Balaban J connectivity index is 2.00. The van der Waals surface area contributed by atoms with Crippen LogP contribution in [0.1, 0.15) is 29.9 Å². The molecule has 2 aromatic heterocycles. The molecule has 0 fully saturated rings. The molecule has 5 heteroatoms. The van der Waals surface area contributed by atoms with Crippen molar-refractivity contribution in [1.82, 2.24) is 14.5 Å². The Kier molecular flexibility index (Phi) is 3.11. The molecule has 0 aromatic carbocycles. The molecule has 0 atom stereocenters. The topological polar surface area (TPSA) is 47.8 Å². The predicted molar refractivity (Wildman–Crippen MR) is 68.4 cm³/mol. The quantitative estimate of drug-likeness (QED) is 0.824. The molecule has 0 saturated carbocycles. The van der Waals surface area contributed by atoms with E-state index in [0.29, 0.717) is 12.2 Å². The number of pyridine rings is 1. The summed E-state index contributed by atoms with van der Waals surface area (Å²) in [5.74, 6) is -0.368. The average molecular weight is 259 g/mol. The van der Waals surface area contributed by atoms with Gasteiger partial charge in [0.15, 0.2) is 0 Å². The minimum Gasteiger partial charge on any atom is -0.304 e. The van der Waals surface area contributed by atoms with Gasteiger partial charge in [0, 0.05) is 5.69 Å². The highest BCUT2D eigenvalue weighted by Crippen LogP contribution is 2.18. The second-order valence-electron chi connectivity index (χ2n) is 4.75. The molecule has 2 aromatic rings. The fourth-order valence-corrected chi connectivity index (χ4v) is 2.47. The van der Waals surface area contributed by atoms with Gasteiger partial charge >= 0.3 is 0 Å². The van der Waals surface area contributed by atoms with Gasteiger partial charge in [-0.25, -0.2) is 4.39 Å². The highest BCUT2D eigenvalue weighted by Gasteiger charge is 2.15. The van der Waals surface area contributed by atoms with Crippen LogP contribution in [0.2, 0.25) is 0 Å². The third kappa shape index (κ3) is 2.41. The first-order valence-corrected chi connectivity index (χ1v) is 6.42. The van der Waals surface area contributed by atoms with Gasteiger partial charge in [0.05, 0.1) is 30.3 Å². The molecule has 19 heavy (non-hydrogen) atoms. The van der Waals surface area contributed by atoms with Gasteiger partial charge in [-0.2, -0.15) is 0 Å². The van der Waals surface area contributed by atoms with E-state index in [4.69, 9.17) is 0 Å². The predicted octanol–water partition coefficient (Wildman–Crippen LogP) is 1.70. The third-order valence-corrected chi connectivity index (χ3v) is 3.44. The highest BCUT2D eigenvalue weighted by molar-refractivity contribution is 5.17. The number of hydrogen-bond acceptors (Lipinski definition) is 3. The van der Waals surface area contributed by atoms with Crippen molar-refractivity contribution in [3.8, 4) is 0 Å². The van der Waals surface area contributed by atoms with Crippen LogP contribution in [0.25, 0.3) is 0 Å². The second-order valence-corrected chi connectivity index (χ2v) is 4.75. The standard InChI is InChI=1S/C14H14FN3O/c15-10-5-6-11(16-7-10)9-18-13-4-2-1-3-12(13)17-8-14(18)19/h5-8H,1-4,9H2. The average Bonchev–Trinajstić information content (AvgIpc) is 2.44. The molecule has 4 nitrogen and oxygen atoms in total. The van der Waals surface area contributed by atoms with E-state index in [-0.39, 0.29) is 11.4 Å². The lowest BCUT2D eigenvalue weighted by Crippen LogP contribution is -2.28. The molecule has 1 aliphatic rings. The summed E-state index contributed by atoms with van der Waals surface area (Å²) < 4.78 is 14.5. The molecule has 98 valence electrons. The number of nitrogens with zero attached hydrogens (tertiary/aromatic N) is 3. The zero-order valence-electron chi connectivity index (χ0n) is 10.5. The largest absolute Gasteiger partial charge is 0.304 e. The molecule has 1 aliphatic carbocycles. The van der Waals surface area contributed by atoms with Crippen LogP contribution < -0.4 is 5.56 Å². The van der Waals surface area contributed by atoms with Gasteiger partial charge in [-0.3, -0.25) is 14.8 Å². The number of fused-ring (bicyclic) bond motifs is 1. The van der Waals surface area contributed by atoms with Crippen LogP contribution in [0.4, 0.5) is 4.39 Å². The van der Waals surface area contributed by atoms with Crippen LogP contribution in [-0.4, -0.2) is 14.5 Å². The molecule has 0 radical (unpaired) electrons. The Morgan fingerprint density at radius 3 is 2.79 bits per heavy atom. The van der Waals surface area contributed by atoms with Gasteiger partial charge in [-0.15, -0.1) is 0 Å². The lowest BCUT2D eigenvalue weighted by Gasteiger charge is -2.19. The van der Waals surface area contributed by atoms with Crippen molar-refractivity contribution < 1.29 is 4.39 Å². The molecule has 0 amide bonds. The van der Waals surface area contributed by atoms with Gasteiger partial charge in [0.1, 0.15) is 5.82 Å². The van der Waals surface area contributed by atoms with E-state index in [0.717, 1.165) is 37.1 Å². The van der Waals surface area contributed by atoms with Gasteiger partial charge in [-0.1, -0.05) is 0 Å². The Hall–Kier alpha value is -2.04. The van der Waals surface area contributed by atoms with E-state index in [2.05, 4.69) is 9.97 Å². The van der Waals surface area contributed by atoms with E-state index in [1.165, 1.54) is 18.5 Å². The van der Waals surface area contributed by atoms with Crippen LogP contribution in [0.15, 0.2) is 29.3 Å². The first-order chi connectivity index (χ1) is 9.24. The molecule has 0 unspecified atom stereocenters. The Morgan fingerprint density at radius 1 is 1.16 bits per heavy atom. The molecule has 0 N–H and O–H groups in total. The van der Waals surface area contributed by atoms with Crippen molar-refractivity contribution in [3.05, 3.63) is 57.8 Å². The van der Waals surface area contributed by atoms with Crippen LogP contribution in [-0.2, 0) is 19.4 Å². The number of rotatable bonds is 2. The first-order valence-electron chi connectivity index (χ1n) is 6.42. The summed E-state index contributed by atoms with van der Waals surface area (Å²) in [6.07, 6.45) is 6.54. The number of aromatic nitrogens is 3. The van der Waals surface area contributed by atoms with Crippen molar-refractivity contribution in [3.63, 3.8) is 0 Å². The summed E-state index contributed by atoms with van der Waals surface area (Å²) in [5.41, 5.74) is 2.58. The second kappa shape index (κ2) is 4.91. The maximum absolute atomic E-state index is 12.8. The summed E-state index contributed by atoms with van der Waals surface area (Å²) in [4.78, 5) is 20.2. The smallest absolute Gasteiger partial charge is 0.269 e. The molecule has 2 heterocycles. The maximum Gasteiger partial charge on any atom is 0.269 e. The van der Waals surface area contributed by atoms with Gasteiger partial charge in [0.2, 0.25) is 0 Å². The maximum atomic E-state index is 12.8. The monoisotopic (exact) mass is 259 g/mol. The number of halogens is 1. The molecule has 0 saturated heterocycles. The van der Waals surface area contributed by atoms with Crippen molar-refractivity contribution in [1.29, 1.82) is 0 Å². The molecule has 0 spiro atoms. The molecule has 0 aliphatic heterocycles. The zero-order valence-corrected chi connectivity index (χ0v) is 10.5. The van der Waals surface area contributed by atoms with Crippen LogP contribution in [0, 0.1) is 5.82 Å². The van der Waals surface area contributed by atoms with Crippen molar-refractivity contribution in [2.24, 2.45) is 0 Å². The highest BCUT2D eigenvalue weighted by atomic mass is 19.1. The van der Waals surface area contributed by atoms with E-state index in [1.54, 1.807) is 10.6 Å². The Labute approximate surface area is 110 Å². The van der Waals surface area contributed by atoms with Crippen LogP contribution >= 0.6 is 0 Å². The molecular formula is C14H14FN3O. The minimum absolute atomic E-state index is 0.119. The first kappa shape index (κ1) is 12.0. The van der Waals surface area contributed by atoms with Gasteiger partial charge < -0.3 is 4.57 Å². The van der Waals surface area contributed by atoms with Crippen molar-refractivity contribution in [2.45, 2.75) is 32.2 Å². The summed E-state index contributed by atoms with van der Waals surface area (Å²) in [7, 11) is 0. The number of aryl methyl sites for hydroxylation is 1. The fraction of sp³-hybridized carbons (Fsp3) is 0.357. The zero-order chi connectivity index (χ0) is 13.2. The number of hydrogen-bond donors (Lipinski definition) is 0. The van der Waals surface area contributed by atoms with E-state index in [9.17, 15) is 9.18 Å². The normalized spacial score (nSPS) is 14.2. The van der Waals surface area contributed by atoms with Crippen molar-refractivity contribution in [2.75, 3.05) is 0 Å². The Morgan fingerprint density at radius 2 is 2.00 bits per heavy atom. The minimum atomic E-state index is -0.368. The van der Waals surface area contributed by atoms with E-state index < -0.39 is 0 Å². The van der Waals surface area contributed by atoms with E-state index in [1.807, 2.05) is 0 Å². The third-order valence-electron chi connectivity index (χ3n) is 3.44. The lowest BCUT2D eigenvalue weighted by atomic mass is 10.00. The summed E-state index contributed by atoms with van der Waals surface area (Å²) in [5, 5.41) is 0. The lowest BCUT2D eigenvalue weighted by molar-refractivity contribution is 0.576. The molecule has 3 rings (SSSR count). The fourth-order valence-electron chi connectivity index (χ4n) is 2.47. The summed E-state index contributed by atoms with van der Waals surface area (Å²) in [6, 6.07) is 2.97. The molecular weight excluding hydrogens is 245 g/mol. The van der Waals surface area contributed by atoms with Crippen LogP contribution in [0.3, 0.4) is 0 Å². The Bertz CT molecular complexity index is 649. The van der Waals surface area contributed by atoms with Crippen molar-refractivity contribution >= 4 is 0 Å². The summed E-state index contributed by atoms with van der Waals surface area (Å²) in [6.45, 7) is 0.379. The van der Waals surface area contributed by atoms with Crippen LogP contribution in [0.5, 0.6) is 0 Å². The van der Waals surface area contributed by atoms with Gasteiger partial charge in [-0.05, 0) is 37.8 Å².